The number of benzene rings is 1. The summed E-state index contributed by atoms with van der Waals surface area (Å²) in [5.74, 6) is -1.17. The fourth-order valence-corrected chi connectivity index (χ4v) is 3.69. The molecule has 3 rings (SSSR count). The van der Waals surface area contributed by atoms with Crippen LogP contribution < -0.4 is 20.7 Å². The van der Waals surface area contributed by atoms with E-state index in [1.807, 2.05) is 13.8 Å². The van der Waals surface area contributed by atoms with Crippen molar-refractivity contribution in [2.75, 3.05) is 21.1 Å². The molecule has 37 heavy (non-hydrogen) atoms. The zero-order valence-electron chi connectivity index (χ0n) is 20.2. The quantitative estimate of drug-likeness (QED) is 0.303. The maximum Gasteiger partial charge on any atom is 0.421 e. The predicted molar refractivity (Wildman–Crippen MR) is 134 cm³/mol. The molecule has 14 heteroatoms. The van der Waals surface area contributed by atoms with Crippen LogP contribution in [0.3, 0.4) is 0 Å². The Kier molecular flexibility index (Phi) is 8.53. The van der Waals surface area contributed by atoms with Gasteiger partial charge in [0.25, 0.3) is 5.91 Å². The van der Waals surface area contributed by atoms with Crippen LogP contribution in [0.25, 0.3) is 0 Å². The third-order valence-corrected chi connectivity index (χ3v) is 6.13. The number of nitrogens with one attached hydrogen (secondary N) is 4. The van der Waals surface area contributed by atoms with Crippen LogP contribution in [0, 0.1) is 0 Å². The molecule has 0 spiro atoms. The van der Waals surface area contributed by atoms with E-state index in [4.69, 9.17) is 0 Å². The summed E-state index contributed by atoms with van der Waals surface area (Å²) in [7, 11) is -3.65. The van der Waals surface area contributed by atoms with E-state index in [0.29, 0.717) is 23.0 Å². The second-order valence-electron chi connectivity index (χ2n) is 8.16. The zero-order chi connectivity index (χ0) is 27.2. The highest BCUT2D eigenvalue weighted by Gasteiger charge is 2.35. The molecule has 0 unspecified atom stereocenters. The molecule has 10 nitrogen and oxygen atoms in total. The highest BCUT2D eigenvalue weighted by atomic mass is 32.2. The molecule has 0 aliphatic rings. The minimum atomic E-state index is -4.75. The predicted octanol–water partition coefficient (Wildman–Crippen LogP) is 4.15. The summed E-state index contributed by atoms with van der Waals surface area (Å²) in [5, 5.41) is 8.17. The molecule has 198 valence electrons. The summed E-state index contributed by atoms with van der Waals surface area (Å²) in [6.07, 6.45) is -2.76. The Morgan fingerprint density at radius 1 is 1.08 bits per heavy atom. The van der Waals surface area contributed by atoms with Crippen molar-refractivity contribution < 1.29 is 26.4 Å². The molecule has 1 amide bonds. The van der Waals surface area contributed by atoms with Gasteiger partial charge in [-0.3, -0.25) is 9.52 Å². The standard InChI is InChI=1S/C23H26F3N7O3S/c1-4-37(35,36)33-19-16(8-6-10-27-19)12-28-20-18(23(24,25)26)13-29-22(32-20)31-17-9-5-7-15(11-17)21(34)30-14(2)3/h5-11,13-14H,4,12H2,1-3H3,(H,27,33)(H,30,34)(H2,28,29,31,32). The molecule has 0 atom stereocenters. The smallest absolute Gasteiger partial charge is 0.365 e. The Labute approximate surface area is 212 Å². The lowest BCUT2D eigenvalue weighted by molar-refractivity contribution is -0.137. The Morgan fingerprint density at radius 2 is 1.84 bits per heavy atom. The van der Waals surface area contributed by atoms with Gasteiger partial charge in [-0.1, -0.05) is 12.1 Å². The van der Waals surface area contributed by atoms with Crippen molar-refractivity contribution in [3.05, 3.63) is 65.5 Å². The SMILES string of the molecule is CCS(=O)(=O)Nc1ncccc1CNc1nc(Nc2cccc(C(=O)NC(C)C)c2)ncc1C(F)(F)F. The average molecular weight is 538 g/mol. The molecule has 0 aliphatic heterocycles. The highest BCUT2D eigenvalue weighted by molar-refractivity contribution is 7.92. The minimum absolute atomic E-state index is 0.00528. The number of halogens is 3. The number of sulfonamides is 1. The molecule has 2 aromatic heterocycles. The molecule has 0 saturated heterocycles. The lowest BCUT2D eigenvalue weighted by atomic mass is 10.2. The van der Waals surface area contributed by atoms with E-state index in [-0.39, 0.29) is 36.0 Å². The van der Waals surface area contributed by atoms with Crippen molar-refractivity contribution in [1.82, 2.24) is 20.3 Å². The van der Waals surface area contributed by atoms with Crippen LogP contribution in [0.15, 0.2) is 48.8 Å². The van der Waals surface area contributed by atoms with Gasteiger partial charge >= 0.3 is 6.18 Å². The first-order valence-electron chi connectivity index (χ1n) is 11.2. The lowest BCUT2D eigenvalue weighted by Crippen LogP contribution is -2.30. The van der Waals surface area contributed by atoms with Gasteiger partial charge in [-0.15, -0.1) is 0 Å². The molecule has 0 fully saturated rings. The molecular weight excluding hydrogens is 511 g/mol. The van der Waals surface area contributed by atoms with Crippen molar-refractivity contribution in [1.29, 1.82) is 0 Å². The number of aromatic nitrogens is 3. The van der Waals surface area contributed by atoms with E-state index in [0.717, 1.165) is 0 Å². The van der Waals surface area contributed by atoms with Gasteiger partial charge in [0.1, 0.15) is 17.2 Å². The summed E-state index contributed by atoms with van der Waals surface area (Å²) in [4.78, 5) is 24.0. The Hall–Kier alpha value is -3.94. The fourth-order valence-electron chi connectivity index (χ4n) is 3.07. The van der Waals surface area contributed by atoms with Crippen molar-refractivity contribution in [3.8, 4) is 0 Å². The number of hydrogen-bond acceptors (Lipinski definition) is 8. The van der Waals surface area contributed by atoms with Crippen molar-refractivity contribution in [2.45, 2.75) is 39.5 Å². The van der Waals surface area contributed by atoms with Crippen LogP contribution in [0.2, 0.25) is 0 Å². The molecule has 1 aromatic carbocycles. The van der Waals surface area contributed by atoms with Crippen molar-refractivity contribution >= 4 is 39.2 Å². The first-order valence-corrected chi connectivity index (χ1v) is 12.8. The van der Waals surface area contributed by atoms with E-state index in [1.54, 1.807) is 18.2 Å². The Balaban J connectivity index is 1.86. The van der Waals surface area contributed by atoms with Gasteiger partial charge in [-0.25, -0.2) is 18.4 Å². The number of pyridine rings is 1. The van der Waals surface area contributed by atoms with Crippen molar-refractivity contribution in [2.24, 2.45) is 0 Å². The highest BCUT2D eigenvalue weighted by Crippen LogP contribution is 2.34. The van der Waals surface area contributed by atoms with E-state index in [2.05, 4.69) is 35.6 Å². The molecular formula is C23H26F3N7O3S. The third-order valence-electron chi connectivity index (χ3n) is 4.86. The summed E-state index contributed by atoms with van der Waals surface area (Å²) in [6, 6.07) is 9.32. The third kappa shape index (κ3) is 7.77. The van der Waals surface area contributed by atoms with E-state index in [9.17, 15) is 26.4 Å². The monoisotopic (exact) mass is 537 g/mol. The summed E-state index contributed by atoms with van der Waals surface area (Å²) in [6.45, 7) is 4.87. The fraction of sp³-hybridized carbons (Fsp3) is 0.304. The van der Waals surface area contributed by atoms with Crippen LogP contribution in [0.5, 0.6) is 0 Å². The van der Waals surface area contributed by atoms with Crippen LogP contribution >= 0.6 is 0 Å². The summed E-state index contributed by atoms with van der Waals surface area (Å²) < 4.78 is 67.1. The van der Waals surface area contributed by atoms with Gasteiger partial charge in [0, 0.05) is 41.8 Å². The number of nitrogens with zero attached hydrogens (tertiary/aromatic N) is 3. The maximum atomic E-state index is 13.6. The van der Waals surface area contributed by atoms with Gasteiger partial charge in [0.15, 0.2) is 0 Å². The molecule has 4 N–H and O–H groups in total. The summed E-state index contributed by atoms with van der Waals surface area (Å²) in [5.41, 5.74) is -0.0550. The van der Waals surface area contributed by atoms with Gasteiger partial charge in [0.2, 0.25) is 16.0 Å². The van der Waals surface area contributed by atoms with Gasteiger partial charge in [-0.05, 0) is 45.0 Å². The second kappa shape index (κ2) is 11.4. The van der Waals surface area contributed by atoms with E-state index in [1.165, 1.54) is 31.3 Å². The number of rotatable bonds is 10. The van der Waals surface area contributed by atoms with Gasteiger partial charge in [-0.2, -0.15) is 18.2 Å². The average Bonchev–Trinajstić information content (AvgIpc) is 2.82. The largest absolute Gasteiger partial charge is 0.421 e. The number of carbonyl (C=O) groups is 1. The second-order valence-corrected chi connectivity index (χ2v) is 10.2. The first kappa shape index (κ1) is 27.6. The van der Waals surface area contributed by atoms with E-state index >= 15 is 0 Å². The Morgan fingerprint density at radius 3 is 2.51 bits per heavy atom. The van der Waals surface area contributed by atoms with Crippen molar-refractivity contribution in [3.63, 3.8) is 0 Å². The van der Waals surface area contributed by atoms with Crippen LogP contribution in [-0.2, 0) is 22.7 Å². The number of amides is 1. The lowest BCUT2D eigenvalue weighted by Gasteiger charge is -2.16. The van der Waals surface area contributed by atoms with Gasteiger partial charge < -0.3 is 16.0 Å². The van der Waals surface area contributed by atoms with E-state index < -0.39 is 27.6 Å². The molecule has 2 heterocycles. The topological polar surface area (TPSA) is 138 Å². The van der Waals surface area contributed by atoms with Crippen LogP contribution in [-0.4, -0.2) is 41.1 Å². The normalized spacial score (nSPS) is 11.8. The molecule has 0 bridgehead atoms. The number of hydrogen-bond donors (Lipinski definition) is 4. The molecule has 0 radical (unpaired) electrons. The molecule has 3 aromatic rings. The Bertz CT molecular complexity index is 1370. The minimum Gasteiger partial charge on any atom is -0.365 e. The number of carbonyl (C=O) groups excluding carboxylic acids is 1. The first-order chi connectivity index (χ1) is 17.4. The number of alkyl halides is 3. The van der Waals surface area contributed by atoms with Gasteiger partial charge in [0.05, 0.1) is 5.75 Å². The summed E-state index contributed by atoms with van der Waals surface area (Å²) >= 11 is 0. The van der Waals surface area contributed by atoms with Crippen LogP contribution in [0.1, 0.15) is 42.3 Å². The number of anilines is 4. The molecule has 0 aliphatic carbocycles. The molecule has 0 saturated carbocycles. The maximum absolute atomic E-state index is 13.6. The zero-order valence-corrected chi connectivity index (χ0v) is 21.0. The van der Waals surface area contributed by atoms with Crippen LogP contribution in [0.4, 0.5) is 36.4 Å².